The van der Waals surface area contributed by atoms with Crippen molar-refractivity contribution in [1.29, 1.82) is 0 Å². The van der Waals surface area contributed by atoms with Gasteiger partial charge in [-0.25, -0.2) is 8.42 Å². The van der Waals surface area contributed by atoms with E-state index in [4.69, 9.17) is 4.74 Å². The molecule has 3 rings (SSSR count). The molecular formula is C19H23BrN2O4S2. The Morgan fingerprint density at radius 2 is 1.75 bits per heavy atom. The molecule has 0 aliphatic carbocycles. The second-order valence-corrected chi connectivity index (χ2v) is 11.3. The van der Waals surface area contributed by atoms with Crippen molar-refractivity contribution in [3.8, 4) is 5.75 Å². The molecule has 1 aliphatic heterocycles. The van der Waals surface area contributed by atoms with Crippen LogP contribution in [0.5, 0.6) is 5.75 Å². The summed E-state index contributed by atoms with van der Waals surface area (Å²) in [4.78, 5) is 14.2. The Kier molecular flexibility index (Phi) is 6.80. The molecule has 0 saturated carbocycles. The van der Waals surface area contributed by atoms with E-state index in [2.05, 4.69) is 15.9 Å². The topological polar surface area (TPSA) is 66.9 Å². The first-order chi connectivity index (χ1) is 13.3. The Bertz CT molecular complexity index is 930. The van der Waals surface area contributed by atoms with Gasteiger partial charge in [0.05, 0.1) is 16.8 Å². The van der Waals surface area contributed by atoms with Crippen molar-refractivity contribution in [3.63, 3.8) is 0 Å². The predicted molar refractivity (Wildman–Crippen MR) is 113 cm³/mol. The summed E-state index contributed by atoms with van der Waals surface area (Å²) in [6.45, 7) is 5.68. The summed E-state index contributed by atoms with van der Waals surface area (Å²) in [5.74, 6) is 0.815. The van der Waals surface area contributed by atoms with Crippen LogP contribution in [0.4, 0.5) is 0 Å². The van der Waals surface area contributed by atoms with Crippen molar-refractivity contribution >= 4 is 43.2 Å². The minimum atomic E-state index is -3.49. The zero-order chi connectivity index (χ0) is 20.3. The molecule has 1 amide bonds. The summed E-state index contributed by atoms with van der Waals surface area (Å²) in [6.07, 6.45) is 0.276. The number of thiophene rings is 1. The van der Waals surface area contributed by atoms with Crippen LogP contribution in [-0.4, -0.2) is 56.3 Å². The van der Waals surface area contributed by atoms with Gasteiger partial charge in [-0.05, 0) is 53.0 Å². The molecule has 2 heterocycles. The SMILES string of the molecule is Cc1cccc(C)c1OCCC(=O)N1CCN(S(=O)(=O)c2ccc(Br)s2)CC1. The fourth-order valence-corrected chi connectivity index (χ4v) is 6.75. The van der Waals surface area contributed by atoms with Gasteiger partial charge in [0.2, 0.25) is 5.91 Å². The highest BCUT2D eigenvalue weighted by Crippen LogP contribution is 2.29. The number of piperazine rings is 1. The highest BCUT2D eigenvalue weighted by atomic mass is 79.9. The van der Waals surface area contributed by atoms with E-state index >= 15 is 0 Å². The monoisotopic (exact) mass is 486 g/mol. The fourth-order valence-electron chi connectivity index (χ4n) is 3.17. The average molecular weight is 487 g/mol. The van der Waals surface area contributed by atoms with Crippen molar-refractivity contribution in [3.05, 3.63) is 45.2 Å². The Hall–Kier alpha value is -1.42. The number of amides is 1. The van der Waals surface area contributed by atoms with Crippen LogP contribution in [0.25, 0.3) is 0 Å². The minimum Gasteiger partial charge on any atom is -0.493 e. The van der Waals surface area contributed by atoms with Gasteiger partial charge in [-0.2, -0.15) is 4.31 Å². The zero-order valence-corrected chi connectivity index (χ0v) is 19.1. The molecule has 0 unspecified atom stereocenters. The van der Waals surface area contributed by atoms with E-state index in [1.165, 1.54) is 15.6 Å². The molecule has 0 atom stereocenters. The summed E-state index contributed by atoms with van der Waals surface area (Å²) in [7, 11) is -3.49. The number of rotatable bonds is 6. The molecule has 0 bridgehead atoms. The fraction of sp³-hybridized carbons (Fsp3) is 0.421. The maximum absolute atomic E-state index is 12.7. The van der Waals surface area contributed by atoms with E-state index in [0.717, 1.165) is 20.7 Å². The van der Waals surface area contributed by atoms with Crippen LogP contribution < -0.4 is 4.74 Å². The van der Waals surface area contributed by atoms with E-state index in [0.29, 0.717) is 37.0 Å². The Labute approximate surface area is 178 Å². The van der Waals surface area contributed by atoms with Gasteiger partial charge in [-0.3, -0.25) is 4.79 Å². The van der Waals surface area contributed by atoms with Gasteiger partial charge in [0.25, 0.3) is 10.0 Å². The highest BCUT2D eigenvalue weighted by Gasteiger charge is 2.31. The molecule has 2 aromatic rings. The van der Waals surface area contributed by atoms with Gasteiger partial charge in [0, 0.05) is 26.2 Å². The second kappa shape index (κ2) is 8.94. The molecule has 152 valence electrons. The van der Waals surface area contributed by atoms with E-state index in [-0.39, 0.29) is 12.3 Å². The molecule has 1 aromatic heterocycles. The standard InChI is InChI=1S/C19H23BrN2O4S2/c1-14-4-3-5-15(2)19(14)26-13-8-17(23)21-9-11-22(12-10-21)28(24,25)18-7-6-16(20)27-18/h3-7H,8-13H2,1-2H3. The van der Waals surface area contributed by atoms with E-state index in [9.17, 15) is 13.2 Å². The Balaban J connectivity index is 1.50. The summed E-state index contributed by atoms with van der Waals surface area (Å²) < 4.78 is 33.7. The molecule has 1 saturated heterocycles. The third kappa shape index (κ3) is 4.76. The number of hydrogen-bond donors (Lipinski definition) is 0. The van der Waals surface area contributed by atoms with Crippen LogP contribution in [0.15, 0.2) is 38.3 Å². The van der Waals surface area contributed by atoms with Crippen LogP contribution >= 0.6 is 27.3 Å². The zero-order valence-electron chi connectivity index (χ0n) is 15.9. The third-order valence-electron chi connectivity index (χ3n) is 4.71. The molecule has 28 heavy (non-hydrogen) atoms. The maximum Gasteiger partial charge on any atom is 0.252 e. The molecule has 1 aromatic carbocycles. The van der Waals surface area contributed by atoms with E-state index in [1.807, 2.05) is 32.0 Å². The first-order valence-electron chi connectivity index (χ1n) is 9.01. The molecular weight excluding hydrogens is 464 g/mol. The van der Waals surface area contributed by atoms with Crippen LogP contribution in [0.3, 0.4) is 0 Å². The van der Waals surface area contributed by atoms with Gasteiger partial charge in [0.1, 0.15) is 9.96 Å². The number of hydrogen-bond acceptors (Lipinski definition) is 5. The van der Waals surface area contributed by atoms with Crippen molar-refractivity contribution in [2.75, 3.05) is 32.8 Å². The lowest BCUT2D eigenvalue weighted by atomic mass is 10.1. The number of carbonyl (C=O) groups is 1. The minimum absolute atomic E-state index is 0.0119. The predicted octanol–water partition coefficient (Wildman–Crippen LogP) is 3.43. The molecule has 1 aliphatic rings. The van der Waals surface area contributed by atoms with Crippen LogP contribution in [0.1, 0.15) is 17.5 Å². The number of para-hydroxylation sites is 1. The molecule has 0 spiro atoms. The molecule has 0 N–H and O–H groups in total. The van der Waals surface area contributed by atoms with Crippen LogP contribution in [0, 0.1) is 13.8 Å². The second-order valence-electron chi connectivity index (χ2n) is 6.66. The lowest BCUT2D eigenvalue weighted by molar-refractivity contribution is -0.132. The van der Waals surface area contributed by atoms with Gasteiger partial charge < -0.3 is 9.64 Å². The number of ether oxygens (including phenoxy) is 1. The first kappa shape index (κ1) is 21.3. The summed E-state index contributed by atoms with van der Waals surface area (Å²) >= 11 is 4.49. The van der Waals surface area contributed by atoms with Gasteiger partial charge in [0.15, 0.2) is 0 Å². The highest BCUT2D eigenvalue weighted by molar-refractivity contribution is 9.11. The van der Waals surface area contributed by atoms with Crippen LogP contribution in [-0.2, 0) is 14.8 Å². The molecule has 6 nitrogen and oxygen atoms in total. The number of aryl methyl sites for hydroxylation is 2. The number of halogens is 1. The van der Waals surface area contributed by atoms with Gasteiger partial charge in [-0.15, -0.1) is 11.3 Å². The van der Waals surface area contributed by atoms with Crippen molar-refractivity contribution < 1.29 is 17.9 Å². The van der Waals surface area contributed by atoms with Crippen molar-refractivity contribution in [2.45, 2.75) is 24.5 Å². The number of carbonyl (C=O) groups excluding carboxylic acids is 1. The van der Waals surface area contributed by atoms with Crippen LogP contribution in [0.2, 0.25) is 0 Å². The van der Waals surface area contributed by atoms with Gasteiger partial charge in [-0.1, -0.05) is 18.2 Å². The lowest BCUT2D eigenvalue weighted by Crippen LogP contribution is -2.50. The lowest BCUT2D eigenvalue weighted by Gasteiger charge is -2.33. The summed E-state index contributed by atoms with van der Waals surface area (Å²) in [5.41, 5.74) is 2.10. The van der Waals surface area contributed by atoms with E-state index in [1.54, 1.807) is 17.0 Å². The van der Waals surface area contributed by atoms with Crippen molar-refractivity contribution in [2.24, 2.45) is 0 Å². The summed E-state index contributed by atoms with van der Waals surface area (Å²) in [5, 5.41) is 0. The van der Waals surface area contributed by atoms with Gasteiger partial charge >= 0.3 is 0 Å². The maximum atomic E-state index is 12.7. The van der Waals surface area contributed by atoms with E-state index < -0.39 is 10.0 Å². The molecule has 0 radical (unpaired) electrons. The first-order valence-corrected chi connectivity index (χ1v) is 12.1. The molecule has 1 fully saturated rings. The average Bonchev–Trinajstić information content (AvgIpc) is 3.11. The Morgan fingerprint density at radius 1 is 1.11 bits per heavy atom. The number of sulfonamides is 1. The summed E-state index contributed by atoms with van der Waals surface area (Å²) in [6, 6.07) is 9.27. The normalized spacial score (nSPS) is 15.6. The smallest absolute Gasteiger partial charge is 0.252 e. The Morgan fingerprint density at radius 3 is 2.32 bits per heavy atom. The third-order valence-corrected chi connectivity index (χ3v) is 8.69. The number of benzene rings is 1. The number of nitrogens with zero attached hydrogens (tertiary/aromatic N) is 2. The largest absolute Gasteiger partial charge is 0.493 e. The molecule has 9 heteroatoms. The van der Waals surface area contributed by atoms with Crippen molar-refractivity contribution in [1.82, 2.24) is 9.21 Å². The quantitative estimate of drug-likeness (QED) is 0.627.